The van der Waals surface area contributed by atoms with Gasteiger partial charge in [-0.1, -0.05) is 55.7 Å². The highest BCUT2D eigenvalue weighted by Crippen LogP contribution is 2.41. The van der Waals surface area contributed by atoms with Crippen LogP contribution in [0.2, 0.25) is 0 Å². The van der Waals surface area contributed by atoms with Crippen molar-refractivity contribution >= 4 is 0 Å². The lowest BCUT2D eigenvalue weighted by Crippen LogP contribution is -2.26. The SMILES string of the molecule is C/C=C\C=C\C1(c2cccc(OC)c2)CCCCC1. The molecule has 1 aromatic carbocycles. The van der Waals surface area contributed by atoms with Gasteiger partial charge in [0.2, 0.25) is 0 Å². The molecule has 1 aliphatic carbocycles. The molecule has 0 atom stereocenters. The van der Waals surface area contributed by atoms with E-state index in [1.165, 1.54) is 37.7 Å². The summed E-state index contributed by atoms with van der Waals surface area (Å²) in [5.74, 6) is 0.960. The molecule has 1 heteroatoms. The molecule has 1 fully saturated rings. The molecule has 0 saturated heterocycles. The summed E-state index contributed by atoms with van der Waals surface area (Å²) in [4.78, 5) is 0. The van der Waals surface area contributed by atoms with Crippen molar-refractivity contribution in [2.45, 2.75) is 44.4 Å². The topological polar surface area (TPSA) is 9.23 Å². The number of benzene rings is 1. The summed E-state index contributed by atoms with van der Waals surface area (Å²) in [6.07, 6.45) is 15.3. The van der Waals surface area contributed by atoms with Crippen molar-refractivity contribution in [3.05, 3.63) is 54.1 Å². The first-order valence-electron chi connectivity index (χ1n) is 7.26. The van der Waals surface area contributed by atoms with E-state index in [4.69, 9.17) is 4.74 Å². The van der Waals surface area contributed by atoms with Gasteiger partial charge in [0.05, 0.1) is 7.11 Å². The van der Waals surface area contributed by atoms with Crippen LogP contribution in [0.5, 0.6) is 5.75 Å². The van der Waals surface area contributed by atoms with Crippen molar-refractivity contribution in [1.29, 1.82) is 0 Å². The van der Waals surface area contributed by atoms with Crippen LogP contribution in [0.15, 0.2) is 48.6 Å². The van der Waals surface area contributed by atoms with E-state index >= 15 is 0 Å². The van der Waals surface area contributed by atoms with E-state index in [0.717, 1.165) is 5.75 Å². The zero-order valence-corrected chi connectivity index (χ0v) is 12.1. The van der Waals surface area contributed by atoms with Crippen LogP contribution in [0.4, 0.5) is 0 Å². The largest absolute Gasteiger partial charge is 0.497 e. The zero-order chi connectivity index (χ0) is 13.6. The lowest BCUT2D eigenvalue weighted by molar-refractivity contribution is 0.354. The molecule has 0 unspecified atom stereocenters. The molecule has 1 aromatic rings. The van der Waals surface area contributed by atoms with Gasteiger partial charge >= 0.3 is 0 Å². The third-order valence-corrected chi connectivity index (χ3v) is 4.11. The van der Waals surface area contributed by atoms with Crippen molar-refractivity contribution in [3.8, 4) is 5.75 Å². The highest BCUT2D eigenvalue weighted by Gasteiger charge is 2.31. The number of allylic oxidation sites excluding steroid dienone is 4. The highest BCUT2D eigenvalue weighted by molar-refractivity contribution is 5.38. The Kier molecular flexibility index (Phi) is 4.84. The Hall–Kier alpha value is -1.50. The molecule has 0 amide bonds. The van der Waals surface area contributed by atoms with Crippen molar-refractivity contribution < 1.29 is 4.74 Å². The van der Waals surface area contributed by atoms with E-state index in [0.29, 0.717) is 0 Å². The van der Waals surface area contributed by atoms with Crippen molar-refractivity contribution in [3.63, 3.8) is 0 Å². The molecule has 1 aliphatic rings. The summed E-state index contributed by atoms with van der Waals surface area (Å²) in [5.41, 5.74) is 1.60. The van der Waals surface area contributed by atoms with Gasteiger partial charge in [-0.2, -0.15) is 0 Å². The second-order valence-corrected chi connectivity index (χ2v) is 5.33. The first kappa shape index (κ1) is 13.9. The molecule has 0 radical (unpaired) electrons. The van der Waals surface area contributed by atoms with E-state index in [2.05, 4.69) is 49.4 Å². The Labute approximate surface area is 117 Å². The third-order valence-electron chi connectivity index (χ3n) is 4.11. The average Bonchev–Trinajstić information content (AvgIpc) is 2.48. The Morgan fingerprint density at radius 2 is 1.89 bits per heavy atom. The lowest BCUT2D eigenvalue weighted by atomic mass is 9.69. The summed E-state index contributed by atoms with van der Waals surface area (Å²) in [6.45, 7) is 2.06. The molecule has 0 aromatic heterocycles. The maximum absolute atomic E-state index is 5.38. The summed E-state index contributed by atoms with van der Waals surface area (Å²) in [7, 11) is 1.74. The molecule has 102 valence electrons. The van der Waals surface area contributed by atoms with Crippen LogP contribution in [0, 0.1) is 0 Å². The fourth-order valence-electron chi connectivity index (χ4n) is 3.02. The van der Waals surface area contributed by atoms with Gasteiger partial charge in [0.25, 0.3) is 0 Å². The number of rotatable bonds is 4. The highest BCUT2D eigenvalue weighted by atomic mass is 16.5. The molecule has 1 nitrogen and oxygen atoms in total. The van der Waals surface area contributed by atoms with Crippen LogP contribution in [0.25, 0.3) is 0 Å². The molecular weight excluding hydrogens is 232 g/mol. The molecule has 1 saturated carbocycles. The standard InChI is InChI=1S/C18H24O/c1-3-4-6-12-18(13-7-5-8-14-18)16-10-9-11-17(15-16)19-2/h3-4,6,9-12,15H,5,7-8,13-14H2,1-2H3/b4-3-,12-6+. The Morgan fingerprint density at radius 3 is 2.58 bits per heavy atom. The Bertz CT molecular complexity index is 451. The zero-order valence-electron chi connectivity index (χ0n) is 12.1. The van der Waals surface area contributed by atoms with Crippen molar-refractivity contribution in [2.75, 3.05) is 7.11 Å². The van der Waals surface area contributed by atoms with Gasteiger partial charge in [0, 0.05) is 5.41 Å². The van der Waals surface area contributed by atoms with Gasteiger partial charge in [-0.25, -0.2) is 0 Å². The van der Waals surface area contributed by atoms with Gasteiger partial charge < -0.3 is 4.74 Å². The molecule has 2 rings (SSSR count). The second kappa shape index (κ2) is 6.60. The number of methoxy groups -OCH3 is 1. The third kappa shape index (κ3) is 3.28. The first-order valence-corrected chi connectivity index (χ1v) is 7.26. The molecule has 19 heavy (non-hydrogen) atoms. The summed E-state index contributed by atoms with van der Waals surface area (Å²) in [5, 5.41) is 0. The second-order valence-electron chi connectivity index (χ2n) is 5.33. The molecule has 0 aliphatic heterocycles. The minimum absolute atomic E-state index is 0.201. The van der Waals surface area contributed by atoms with E-state index in [-0.39, 0.29) is 5.41 Å². The van der Waals surface area contributed by atoms with Gasteiger partial charge in [-0.3, -0.25) is 0 Å². The van der Waals surface area contributed by atoms with Gasteiger partial charge in [0.1, 0.15) is 5.75 Å². The minimum Gasteiger partial charge on any atom is -0.497 e. The number of hydrogen-bond acceptors (Lipinski definition) is 1. The molecular formula is C18H24O. The van der Waals surface area contributed by atoms with E-state index in [9.17, 15) is 0 Å². The maximum atomic E-state index is 5.38. The van der Waals surface area contributed by atoms with Gasteiger partial charge in [0.15, 0.2) is 0 Å². The predicted molar refractivity (Wildman–Crippen MR) is 81.7 cm³/mol. The van der Waals surface area contributed by atoms with Crippen molar-refractivity contribution in [1.82, 2.24) is 0 Å². The van der Waals surface area contributed by atoms with Gasteiger partial charge in [-0.05, 0) is 37.5 Å². The Morgan fingerprint density at radius 1 is 1.11 bits per heavy atom. The molecule has 0 spiro atoms. The fourth-order valence-corrected chi connectivity index (χ4v) is 3.02. The van der Waals surface area contributed by atoms with E-state index < -0.39 is 0 Å². The molecule has 0 N–H and O–H groups in total. The van der Waals surface area contributed by atoms with Crippen LogP contribution < -0.4 is 4.74 Å². The smallest absolute Gasteiger partial charge is 0.119 e. The molecule has 0 bridgehead atoms. The number of hydrogen-bond donors (Lipinski definition) is 0. The minimum atomic E-state index is 0.201. The lowest BCUT2D eigenvalue weighted by Gasteiger charge is -2.35. The summed E-state index contributed by atoms with van der Waals surface area (Å²) < 4.78 is 5.38. The van der Waals surface area contributed by atoms with Crippen molar-refractivity contribution in [2.24, 2.45) is 0 Å². The van der Waals surface area contributed by atoms with Crippen LogP contribution in [0.1, 0.15) is 44.6 Å². The fraction of sp³-hybridized carbons (Fsp3) is 0.444. The quantitative estimate of drug-likeness (QED) is 0.686. The average molecular weight is 256 g/mol. The summed E-state index contributed by atoms with van der Waals surface area (Å²) in [6, 6.07) is 8.57. The normalized spacial score (nSPS) is 19.1. The molecule has 0 heterocycles. The number of ether oxygens (including phenoxy) is 1. The van der Waals surface area contributed by atoms with Gasteiger partial charge in [-0.15, -0.1) is 0 Å². The van der Waals surface area contributed by atoms with E-state index in [1.807, 2.05) is 6.07 Å². The predicted octanol–water partition coefficient (Wildman–Crippen LogP) is 5.03. The Balaban J connectivity index is 2.35. The van der Waals surface area contributed by atoms with Crippen LogP contribution >= 0.6 is 0 Å². The monoisotopic (exact) mass is 256 g/mol. The van der Waals surface area contributed by atoms with Crippen LogP contribution in [-0.4, -0.2) is 7.11 Å². The first-order chi connectivity index (χ1) is 9.30. The van der Waals surface area contributed by atoms with Crippen LogP contribution in [-0.2, 0) is 5.41 Å². The van der Waals surface area contributed by atoms with Crippen LogP contribution in [0.3, 0.4) is 0 Å². The summed E-state index contributed by atoms with van der Waals surface area (Å²) >= 11 is 0. The van der Waals surface area contributed by atoms with E-state index in [1.54, 1.807) is 7.11 Å². The maximum Gasteiger partial charge on any atom is 0.119 e.